The number of ketones is 1. The lowest BCUT2D eigenvalue weighted by Gasteiger charge is -2.34. The zero-order valence-corrected chi connectivity index (χ0v) is 17.4. The molecule has 4 rings (SSSR count). The molecule has 3 nitrogen and oxygen atoms in total. The van der Waals surface area contributed by atoms with Crippen molar-refractivity contribution in [3.8, 4) is 5.75 Å². The summed E-state index contributed by atoms with van der Waals surface area (Å²) in [5, 5.41) is 0. The van der Waals surface area contributed by atoms with Crippen molar-refractivity contribution in [3.63, 3.8) is 0 Å². The second-order valence-corrected chi connectivity index (χ2v) is 8.01. The largest absolute Gasteiger partial charge is 0.496 e. The summed E-state index contributed by atoms with van der Waals surface area (Å²) in [4.78, 5) is 15.2. The van der Waals surface area contributed by atoms with Crippen LogP contribution >= 0.6 is 12.4 Å². The predicted octanol–water partition coefficient (Wildman–Crippen LogP) is 5.13. The standard InChI is InChI=1S/C24H29NO2.ClH/c1-27-24-9-5-4-8-22(24)20-12-14-25(15-13-20)17-18-10-11-19-6-2-3-7-21(19)23(26)16-18;/h2-9,18,20H,10-17H2,1H3;1H. The lowest BCUT2D eigenvalue weighted by atomic mass is 9.88. The van der Waals surface area contributed by atoms with Gasteiger partial charge in [-0.2, -0.15) is 0 Å². The number of fused-ring (bicyclic) bond motifs is 1. The van der Waals surface area contributed by atoms with Gasteiger partial charge in [0, 0.05) is 18.5 Å². The quantitative estimate of drug-likeness (QED) is 0.667. The fraction of sp³-hybridized carbons (Fsp3) is 0.458. The summed E-state index contributed by atoms with van der Waals surface area (Å²) >= 11 is 0. The van der Waals surface area contributed by atoms with E-state index in [-0.39, 0.29) is 12.4 Å². The first-order valence-electron chi connectivity index (χ1n) is 10.2. The minimum absolute atomic E-state index is 0. The van der Waals surface area contributed by atoms with Crippen LogP contribution in [0.4, 0.5) is 0 Å². The van der Waals surface area contributed by atoms with Crippen LogP contribution in [-0.2, 0) is 6.42 Å². The number of hydrogen-bond donors (Lipinski definition) is 0. The number of carbonyl (C=O) groups excluding carboxylic acids is 1. The number of piperidine rings is 1. The molecule has 0 bridgehead atoms. The molecule has 1 heterocycles. The molecule has 0 amide bonds. The molecular weight excluding hydrogens is 370 g/mol. The van der Waals surface area contributed by atoms with Gasteiger partial charge in [-0.1, -0.05) is 42.5 Å². The maximum Gasteiger partial charge on any atom is 0.163 e. The first kappa shape index (κ1) is 20.9. The number of hydrogen-bond acceptors (Lipinski definition) is 3. The van der Waals surface area contributed by atoms with Crippen molar-refractivity contribution in [1.29, 1.82) is 0 Å². The number of rotatable bonds is 4. The summed E-state index contributed by atoms with van der Waals surface area (Å²) in [5.41, 5.74) is 3.54. The van der Waals surface area contributed by atoms with Crippen molar-refractivity contribution < 1.29 is 9.53 Å². The lowest BCUT2D eigenvalue weighted by Crippen LogP contribution is -2.37. The van der Waals surface area contributed by atoms with Gasteiger partial charge >= 0.3 is 0 Å². The summed E-state index contributed by atoms with van der Waals surface area (Å²) in [6.45, 7) is 3.28. The molecule has 2 aliphatic rings. The van der Waals surface area contributed by atoms with Crippen LogP contribution < -0.4 is 4.74 Å². The first-order chi connectivity index (χ1) is 13.2. The average Bonchev–Trinajstić information content (AvgIpc) is 2.87. The monoisotopic (exact) mass is 399 g/mol. The highest BCUT2D eigenvalue weighted by Gasteiger charge is 2.27. The van der Waals surface area contributed by atoms with Gasteiger partial charge in [-0.25, -0.2) is 0 Å². The van der Waals surface area contributed by atoms with E-state index in [1.807, 2.05) is 18.2 Å². The molecule has 0 saturated carbocycles. The summed E-state index contributed by atoms with van der Waals surface area (Å²) in [7, 11) is 1.76. The van der Waals surface area contributed by atoms with Crippen molar-refractivity contribution in [2.45, 2.75) is 38.0 Å². The molecule has 1 aliphatic heterocycles. The molecule has 150 valence electrons. The summed E-state index contributed by atoms with van der Waals surface area (Å²) in [6.07, 6.45) is 5.19. The number of benzene rings is 2. The summed E-state index contributed by atoms with van der Waals surface area (Å²) < 4.78 is 5.55. The van der Waals surface area contributed by atoms with E-state index in [0.717, 1.165) is 43.8 Å². The second-order valence-electron chi connectivity index (χ2n) is 8.01. The third kappa shape index (κ3) is 4.59. The minimum Gasteiger partial charge on any atom is -0.496 e. The van der Waals surface area contributed by atoms with E-state index >= 15 is 0 Å². The Morgan fingerprint density at radius 3 is 2.50 bits per heavy atom. The molecule has 28 heavy (non-hydrogen) atoms. The van der Waals surface area contributed by atoms with Crippen LogP contribution in [0, 0.1) is 5.92 Å². The van der Waals surface area contributed by atoms with Crippen molar-refractivity contribution in [1.82, 2.24) is 4.90 Å². The highest BCUT2D eigenvalue weighted by molar-refractivity contribution is 5.97. The van der Waals surface area contributed by atoms with Gasteiger partial charge in [0.05, 0.1) is 7.11 Å². The molecule has 0 spiro atoms. The zero-order chi connectivity index (χ0) is 18.6. The topological polar surface area (TPSA) is 29.5 Å². The van der Waals surface area contributed by atoms with Crippen LogP contribution in [0.25, 0.3) is 0 Å². The van der Waals surface area contributed by atoms with Crippen LogP contribution in [0.5, 0.6) is 5.75 Å². The number of ether oxygens (including phenoxy) is 1. The molecule has 1 unspecified atom stereocenters. The van der Waals surface area contributed by atoms with Crippen LogP contribution in [0.3, 0.4) is 0 Å². The Morgan fingerprint density at radius 1 is 1.00 bits per heavy atom. The third-order valence-corrected chi connectivity index (χ3v) is 6.30. The number of carbonyl (C=O) groups is 1. The molecule has 1 atom stereocenters. The number of likely N-dealkylation sites (tertiary alicyclic amines) is 1. The smallest absolute Gasteiger partial charge is 0.163 e. The second kappa shape index (κ2) is 9.58. The minimum atomic E-state index is 0. The van der Waals surface area contributed by atoms with Crippen molar-refractivity contribution in [2.24, 2.45) is 5.92 Å². The molecule has 2 aromatic rings. The number of nitrogens with zero attached hydrogens (tertiary/aromatic N) is 1. The SMILES string of the molecule is COc1ccccc1C1CCN(CC2CCc3ccccc3C(=O)C2)CC1.Cl. The Labute approximate surface area is 174 Å². The number of Topliss-reactive ketones (excluding diaryl/α,β-unsaturated/α-hetero) is 1. The van der Waals surface area contributed by atoms with Crippen LogP contribution in [0.1, 0.15) is 53.1 Å². The van der Waals surface area contributed by atoms with Crippen LogP contribution in [0.2, 0.25) is 0 Å². The third-order valence-electron chi connectivity index (χ3n) is 6.30. The molecular formula is C24H30ClNO2. The van der Waals surface area contributed by atoms with Gasteiger partial charge in [0.2, 0.25) is 0 Å². The highest BCUT2D eigenvalue weighted by atomic mass is 35.5. The van der Waals surface area contributed by atoms with Gasteiger partial charge in [-0.05, 0) is 67.8 Å². The molecule has 1 saturated heterocycles. The van der Waals surface area contributed by atoms with Gasteiger partial charge in [0.15, 0.2) is 5.78 Å². The Hall–Kier alpha value is -1.84. The maximum absolute atomic E-state index is 12.6. The fourth-order valence-electron chi connectivity index (χ4n) is 4.80. The number of aryl methyl sites for hydroxylation is 1. The first-order valence-corrected chi connectivity index (χ1v) is 10.2. The normalized spacial score (nSPS) is 20.8. The predicted molar refractivity (Wildman–Crippen MR) is 116 cm³/mol. The Bertz CT molecular complexity index is 799. The van der Waals surface area contributed by atoms with Crippen LogP contribution in [0.15, 0.2) is 48.5 Å². The number of methoxy groups -OCH3 is 1. The van der Waals surface area contributed by atoms with E-state index in [1.165, 1.54) is 24.0 Å². The van der Waals surface area contributed by atoms with Gasteiger partial charge < -0.3 is 9.64 Å². The number of para-hydroxylation sites is 1. The number of halogens is 1. The molecule has 0 N–H and O–H groups in total. The lowest BCUT2D eigenvalue weighted by molar-refractivity contribution is 0.0941. The summed E-state index contributed by atoms with van der Waals surface area (Å²) in [5.74, 6) is 2.41. The molecule has 1 aliphatic carbocycles. The zero-order valence-electron chi connectivity index (χ0n) is 16.6. The van der Waals surface area contributed by atoms with Gasteiger partial charge in [-0.3, -0.25) is 4.79 Å². The van der Waals surface area contributed by atoms with E-state index in [0.29, 0.717) is 24.0 Å². The molecule has 0 radical (unpaired) electrons. The Morgan fingerprint density at radius 2 is 1.71 bits per heavy atom. The average molecular weight is 400 g/mol. The van der Waals surface area contributed by atoms with Crippen LogP contribution in [-0.4, -0.2) is 37.4 Å². The van der Waals surface area contributed by atoms with Crippen molar-refractivity contribution in [2.75, 3.05) is 26.7 Å². The van der Waals surface area contributed by atoms with Gasteiger partial charge in [0.25, 0.3) is 0 Å². The molecule has 4 heteroatoms. The van der Waals surface area contributed by atoms with Gasteiger partial charge in [-0.15, -0.1) is 12.4 Å². The van der Waals surface area contributed by atoms with Crippen molar-refractivity contribution in [3.05, 3.63) is 65.2 Å². The van der Waals surface area contributed by atoms with Crippen molar-refractivity contribution >= 4 is 18.2 Å². The van der Waals surface area contributed by atoms with E-state index < -0.39 is 0 Å². The Balaban J connectivity index is 0.00000225. The summed E-state index contributed by atoms with van der Waals surface area (Å²) in [6, 6.07) is 16.6. The van der Waals surface area contributed by atoms with E-state index in [2.05, 4.69) is 35.2 Å². The maximum atomic E-state index is 12.6. The van der Waals surface area contributed by atoms with E-state index in [4.69, 9.17) is 4.74 Å². The highest BCUT2D eigenvalue weighted by Crippen LogP contribution is 2.34. The van der Waals surface area contributed by atoms with Gasteiger partial charge in [0.1, 0.15) is 5.75 Å². The fourth-order valence-corrected chi connectivity index (χ4v) is 4.80. The van der Waals surface area contributed by atoms with E-state index in [1.54, 1.807) is 7.11 Å². The van der Waals surface area contributed by atoms with E-state index in [9.17, 15) is 4.79 Å². The molecule has 2 aromatic carbocycles. The Kier molecular flexibility index (Phi) is 7.14. The molecule has 1 fully saturated rings. The molecule has 0 aromatic heterocycles.